The molecule has 0 radical (unpaired) electrons. The zero-order valence-electron chi connectivity index (χ0n) is 10.4. The van der Waals surface area contributed by atoms with Crippen molar-refractivity contribution in [3.63, 3.8) is 0 Å². The summed E-state index contributed by atoms with van der Waals surface area (Å²) in [5.41, 5.74) is 0.475. The lowest BCUT2D eigenvalue weighted by Gasteiger charge is -2.11. The molecule has 1 N–H and O–H groups in total. The third-order valence-corrected chi connectivity index (χ3v) is 3.46. The summed E-state index contributed by atoms with van der Waals surface area (Å²) in [5, 5.41) is 3.32. The molecule has 100 valence electrons. The van der Waals surface area contributed by atoms with Gasteiger partial charge in [-0.25, -0.2) is 4.98 Å². The maximum absolute atomic E-state index is 12.1. The fourth-order valence-electron chi connectivity index (χ4n) is 1.58. The topological polar surface area (TPSA) is 55.1 Å². The third kappa shape index (κ3) is 3.36. The maximum atomic E-state index is 12.1. The summed E-state index contributed by atoms with van der Waals surface area (Å²) >= 11 is 9.21. The molecule has 4 nitrogen and oxygen atoms in total. The number of benzene rings is 1. The van der Waals surface area contributed by atoms with Crippen LogP contribution in [0.25, 0.3) is 0 Å². The molecule has 0 spiro atoms. The molecule has 1 aromatic carbocycles. The summed E-state index contributed by atoms with van der Waals surface area (Å²) in [4.78, 5) is 16.2. The Kier molecular flexibility index (Phi) is 4.27. The van der Waals surface area contributed by atoms with E-state index in [-0.39, 0.29) is 11.9 Å². The van der Waals surface area contributed by atoms with Crippen LogP contribution in [-0.4, -0.2) is 10.9 Å². The van der Waals surface area contributed by atoms with Gasteiger partial charge in [0.1, 0.15) is 11.8 Å². The van der Waals surface area contributed by atoms with Gasteiger partial charge in [0.05, 0.1) is 11.8 Å². The smallest absolute Gasteiger partial charge is 0.253 e. The first-order valence-corrected chi connectivity index (χ1v) is 6.82. The number of halogens is 2. The molecule has 6 heteroatoms. The lowest BCUT2D eigenvalue weighted by molar-refractivity contribution is 0.0933. The fraction of sp³-hybridized carbons (Fsp3) is 0.231. The number of aromatic nitrogens is 1. The molecule has 0 aliphatic rings. The number of hydrogen-bond acceptors (Lipinski definition) is 3. The van der Waals surface area contributed by atoms with Gasteiger partial charge >= 0.3 is 0 Å². The Morgan fingerprint density at radius 3 is 2.89 bits per heavy atom. The van der Waals surface area contributed by atoms with Crippen molar-refractivity contribution < 1.29 is 9.21 Å². The first-order valence-electron chi connectivity index (χ1n) is 5.65. The minimum absolute atomic E-state index is 0.238. The number of carbonyl (C=O) groups is 1. The van der Waals surface area contributed by atoms with Crippen LogP contribution in [-0.2, 0) is 0 Å². The average molecular weight is 344 g/mol. The van der Waals surface area contributed by atoms with E-state index in [4.69, 9.17) is 16.0 Å². The van der Waals surface area contributed by atoms with Crippen LogP contribution < -0.4 is 5.32 Å². The molecule has 1 aromatic heterocycles. The van der Waals surface area contributed by atoms with Crippen molar-refractivity contribution in [3.8, 4) is 0 Å². The van der Waals surface area contributed by atoms with E-state index >= 15 is 0 Å². The summed E-state index contributed by atoms with van der Waals surface area (Å²) < 4.78 is 6.06. The fourth-order valence-corrected chi connectivity index (χ4v) is 2.18. The van der Waals surface area contributed by atoms with E-state index in [9.17, 15) is 4.79 Å². The molecule has 0 saturated heterocycles. The van der Waals surface area contributed by atoms with Gasteiger partial charge in [-0.3, -0.25) is 4.79 Å². The first-order chi connectivity index (χ1) is 8.97. The Labute approximate surface area is 124 Å². The highest BCUT2D eigenvalue weighted by Crippen LogP contribution is 2.22. The first kappa shape index (κ1) is 14.1. The summed E-state index contributed by atoms with van der Waals surface area (Å²) in [6, 6.07) is 4.74. The molecule has 1 unspecified atom stereocenters. The Balaban J connectivity index is 2.15. The second kappa shape index (κ2) is 5.75. The average Bonchev–Trinajstić information content (AvgIpc) is 2.79. The molecule has 0 saturated carbocycles. The maximum Gasteiger partial charge on any atom is 0.253 e. The number of rotatable bonds is 3. The van der Waals surface area contributed by atoms with E-state index < -0.39 is 0 Å². The highest BCUT2D eigenvalue weighted by Gasteiger charge is 2.17. The molecule has 1 heterocycles. The van der Waals surface area contributed by atoms with Crippen LogP contribution in [0.1, 0.15) is 35.0 Å². The second-order valence-electron chi connectivity index (χ2n) is 4.13. The predicted octanol–water partition coefficient (Wildman–Crippen LogP) is 3.89. The molecular weight excluding hydrogens is 332 g/mol. The van der Waals surface area contributed by atoms with E-state index in [2.05, 4.69) is 26.2 Å². The van der Waals surface area contributed by atoms with E-state index in [1.54, 1.807) is 31.3 Å². The van der Waals surface area contributed by atoms with Crippen LogP contribution in [0.2, 0.25) is 5.02 Å². The van der Waals surface area contributed by atoms with Crippen LogP contribution in [0.4, 0.5) is 0 Å². The zero-order valence-corrected chi connectivity index (χ0v) is 12.7. The third-order valence-electron chi connectivity index (χ3n) is 2.53. The molecule has 1 amide bonds. The van der Waals surface area contributed by atoms with Crippen molar-refractivity contribution in [1.29, 1.82) is 0 Å². The summed E-state index contributed by atoms with van der Waals surface area (Å²) in [5.74, 6) is 0.946. The Morgan fingerprint density at radius 1 is 1.53 bits per heavy atom. The Morgan fingerprint density at radius 2 is 2.26 bits per heavy atom. The highest BCUT2D eigenvalue weighted by molar-refractivity contribution is 9.10. The molecular formula is C13H12BrClN2O2. The van der Waals surface area contributed by atoms with Crippen molar-refractivity contribution in [2.24, 2.45) is 0 Å². The summed E-state index contributed by atoms with van der Waals surface area (Å²) in [6.07, 6.45) is 1.62. The predicted molar refractivity (Wildman–Crippen MR) is 76.3 cm³/mol. The largest absolute Gasteiger partial charge is 0.444 e. The van der Waals surface area contributed by atoms with Crippen LogP contribution in [0.15, 0.2) is 33.3 Å². The van der Waals surface area contributed by atoms with Crippen molar-refractivity contribution >= 4 is 33.4 Å². The molecule has 0 aliphatic heterocycles. The van der Waals surface area contributed by atoms with Gasteiger partial charge in [0.25, 0.3) is 5.91 Å². The van der Waals surface area contributed by atoms with Gasteiger partial charge in [-0.1, -0.05) is 11.6 Å². The van der Waals surface area contributed by atoms with E-state index in [0.29, 0.717) is 26.7 Å². The molecule has 2 aromatic rings. The van der Waals surface area contributed by atoms with E-state index in [1.807, 2.05) is 6.92 Å². The normalized spacial score (nSPS) is 12.2. The number of aryl methyl sites for hydroxylation is 1. The lowest BCUT2D eigenvalue weighted by Crippen LogP contribution is -2.27. The van der Waals surface area contributed by atoms with Crippen molar-refractivity contribution in [2.75, 3.05) is 0 Å². The van der Waals surface area contributed by atoms with Crippen LogP contribution in [0.3, 0.4) is 0 Å². The van der Waals surface area contributed by atoms with Gasteiger partial charge in [-0.2, -0.15) is 0 Å². The zero-order chi connectivity index (χ0) is 14.0. The SMILES string of the molecule is Cc1cnc(C(C)NC(=O)c2cc(Cl)ccc2Br)o1. The molecule has 2 rings (SSSR count). The number of nitrogens with zero attached hydrogens (tertiary/aromatic N) is 1. The van der Waals surface area contributed by atoms with E-state index in [0.717, 1.165) is 0 Å². The molecule has 19 heavy (non-hydrogen) atoms. The van der Waals surface area contributed by atoms with Gasteiger partial charge < -0.3 is 9.73 Å². The summed E-state index contributed by atoms with van der Waals surface area (Å²) in [6.45, 7) is 3.61. The van der Waals surface area contributed by atoms with Crippen molar-refractivity contribution in [1.82, 2.24) is 10.3 Å². The molecule has 0 bridgehead atoms. The minimum Gasteiger partial charge on any atom is -0.444 e. The Hall–Kier alpha value is -1.33. The highest BCUT2D eigenvalue weighted by atomic mass is 79.9. The number of amides is 1. The van der Waals surface area contributed by atoms with Gasteiger partial charge in [0.15, 0.2) is 0 Å². The quantitative estimate of drug-likeness (QED) is 0.920. The van der Waals surface area contributed by atoms with Crippen molar-refractivity contribution in [2.45, 2.75) is 19.9 Å². The Bertz CT molecular complexity index is 612. The number of nitrogens with one attached hydrogen (secondary N) is 1. The van der Waals surface area contributed by atoms with Crippen LogP contribution in [0.5, 0.6) is 0 Å². The van der Waals surface area contributed by atoms with Gasteiger partial charge in [-0.05, 0) is 48.0 Å². The molecule has 0 fully saturated rings. The van der Waals surface area contributed by atoms with Gasteiger partial charge in [0.2, 0.25) is 5.89 Å². The second-order valence-corrected chi connectivity index (χ2v) is 5.42. The number of carbonyl (C=O) groups excluding carboxylic acids is 1. The number of hydrogen-bond donors (Lipinski definition) is 1. The van der Waals surface area contributed by atoms with E-state index in [1.165, 1.54) is 0 Å². The van der Waals surface area contributed by atoms with Crippen LogP contribution >= 0.6 is 27.5 Å². The van der Waals surface area contributed by atoms with Crippen LogP contribution in [0, 0.1) is 6.92 Å². The van der Waals surface area contributed by atoms with Crippen molar-refractivity contribution in [3.05, 3.63) is 51.1 Å². The van der Waals surface area contributed by atoms with Gasteiger partial charge in [0, 0.05) is 9.50 Å². The summed E-state index contributed by atoms with van der Waals surface area (Å²) in [7, 11) is 0. The number of oxazole rings is 1. The minimum atomic E-state index is -0.313. The van der Waals surface area contributed by atoms with Gasteiger partial charge in [-0.15, -0.1) is 0 Å². The monoisotopic (exact) mass is 342 g/mol. The lowest BCUT2D eigenvalue weighted by atomic mass is 10.2. The molecule has 0 aliphatic carbocycles. The molecule has 1 atom stereocenters. The standard InChI is InChI=1S/C13H12BrClN2O2/c1-7-6-16-13(19-7)8(2)17-12(18)10-5-9(15)3-4-11(10)14/h3-6,8H,1-2H3,(H,17,18).